The molecule has 19 heavy (non-hydrogen) atoms. The van der Waals surface area contributed by atoms with E-state index in [1.54, 1.807) is 32.1 Å². The van der Waals surface area contributed by atoms with Crippen LogP contribution >= 0.6 is 15.9 Å². The lowest BCUT2D eigenvalue weighted by atomic mass is 10.1. The third kappa shape index (κ3) is 7.57. The van der Waals surface area contributed by atoms with Crippen LogP contribution in [-0.2, 0) is 9.59 Å². The van der Waals surface area contributed by atoms with E-state index in [1.165, 1.54) is 0 Å². The van der Waals surface area contributed by atoms with E-state index < -0.39 is 0 Å². The van der Waals surface area contributed by atoms with Crippen molar-refractivity contribution in [2.45, 2.75) is 32.5 Å². The third-order valence-corrected chi connectivity index (χ3v) is 2.42. The Morgan fingerprint density at radius 3 is 2.37 bits per heavy atom. The summed E-state index contributed by atoms with van der Waals surface area (Å²) in [5, 5.41) is 2.77. The van der Waals surface area contributed by atoms with E-state index in [0.717, 1.165) is 6.29 Å². The highest BCUT2D eigenvalue weighted by Gasteiger charge is 2.08. The van der Waals surface area contributed by atoms with Crippen molar-refractivity contribution < 1.29 is 9.59 Å². The second kappa shape index (κ2) is 9.50. The molecule has 4 heteroatoms. The van der Waals surface area contributed by atoms with E-state index in [9.17, 15) is 9.59 Å². The fourth-order valence-electron chi connectivity index (χ4n) is 1.31. The number of halogens is 1. The molecule has 1 amide bonds. The standard InChI is InChI=1S/C15H20BrNO2/c1-5-7-13(9-12(4)16)15(19)17-14(6-2)8-11(3)10-18/h5-10,12H,1-4H3,(H,17,19)/b7-5-,11-8+,13-9+,14-6+. The molecule has 0 heterocycles. The molecule has 0 fully saturated rings. The van der Waals surface area contributed by atoms with Crippen molar-refractivity contribution >= 4 is 28.1 Å². The minimum atomic E-state index is -0.201. The van der Waals surface area contributed by atoms with Crippen LogP contribution in [0.25, 0.3) is 0 Å². The largest absolute Gasteiger partial charge is 0.322 e. The molecular formula is C15H20BrNO2. The molecule has 0 aliphatic heterocycles. The predicted octanol–water partition coefficient (Wildman–Crippen LogP) is 3.44. The lowest BCUT2D eigenvalue weighted by Gasteiger charge is -2.08. The molecule has 0 radical (unpaired) electrons. The maximum Gasteiger partial charge on any atom is 0.255 e. The minimum Gasteiger partial charge on any atom is -0.322 e. The first-order chi connectivity index (χ1) is 8.94. The average Bonchev–Trinajstić information content (AvgIpc) is 2.36. The van der Waals surface area contributed by atoms with Crippen LogP contribution in [0.4, 0.5) is 0 Å². The van der Waals surface area contributed by atoms with Gasteiger partial charge in [0, 0.05) is 16.1 Å². The molecule has 0 aromatic heterocycles. The molecule has 0 aliphatic carbocycles. The number of allylic oxidation sites excluding steroid dienone is 5. The Morgan fingerprint density at radius 1 is 1.32 bits per heavy atom. The van der Waals surface area contributed by atoms with Gasteiger partial charge in [-0.15, -0.1) is 0 Å². The number of aldehydes is 1. The average molecular weight is 326 g/mol. The van der Waals surface area contributed by atoms with Crippen LogP contribution in [0.15, 0.2) is 47.2 Å². The molecule has 1 atom stereocenters. The van der Waals surface area contributed by atoms with Crippen LogP contribution in [0.3, 0.4) is 0 Å². The number of hydrogen-bond acceptors (Lipinski definition) is 2. The number of carbonyl (C=O) groups is 2. The molecule has 0 saturated heterocycles. The van der Waals surface area contributed by atoms with Gasteiger partial charge in [0.25, 0.3) is 5.91 Å². The van der Waals surface area contributed by atoms with Crippen LogP contribution in [0, 0.1) is 0 Å². The van der Waals surface area contributed by atoms with Gasteiger partial charge >= 0.3 is 0 Å². The van der Waals surface area contributed by atoms with Gasteiger partial charge in [-0.25, -0.2) is 0 Å². The van der Waals surface area contributed by atoms with Gasteiger partial charge in [-0.2, -0.15) is 0 Å². The molecule has 0 spiro atoms. The summed E-state index contributed by atoms with van der Waals surface area (Å²) in [5.41, 5.74) is 1.73. The fraction of sp³-hybridized carbons (Fsp3) is 0.333. The van der Waals surface area contributed by atoms with Crippen molar-refractivity contribution in [3.05, 3.63) is 47.2 Å². The topological polar surface area (TPSA) is 46.2 Å². The van der Waals surface area contributed by atoms with Crippen molar-refractivity contribution in [2.24, 2.45) is 0 Å². The Bertz CT molecular complexity index is 443. The van der Waals surface area contributed by atoms with Crippen molar-refractivity contribution in [1.82, 2.24) is 5.32 Å². The van der Waals surface area contributed by atoms with Crippen molar-refractivity contribution in [3.8, 4) is 0 Å². The summed E-state index contributed by atoms with van der Waals surface area (Å²) < 4.78 is 0. The summed E-state index contributed by atoms with van der Waals surface area (Å²) in [4.78, 5) is 22.8. The highest BCUT2D eigenvalue weighted by Crippen LogP contribution is 2.08. The fourth-order valence-corrected chi connectivity index (χ4v) is 1.59. The predicted molar refractivity (Wildman–Crippen MR) is 83.0 cm³/mol. The quantitative estimate of drug-likeness (QED) is 0.352. The lowest BCUT2D eigenvalue weighted by molar-refractivity contribution is -0.116. The van der Waals surface area contributed by atoms with E-state index in [1.807, 2.05) is 26.0 Å². The van der Waals surface area contributed by atoms with Crippen LogP contribution < -0.4 is 5.32 Å². The molecule has 0 rings (SSSR count). The van der Waals surface area contributed by atoms with Crippen LogP contribution in [0.1, 0.15) is 27.7 Å². The van der Waals surface area contributed by atoms with Gasteiger partial charge in [-0.3, -0.25) is 9.59 Å². The zero-order valence-electron chi connectivity index (χ0n) is 11.7. The smallest absolute Gasteiger partial charge is 0.255 e. The molecule has 0 bridgehead atoms. The number of alkyl halides is 1. The Morgan fingerprint density at radius 2 is 1.95 bits per heavy atom. The first-order valence-electron chi connectivity index (χ1n) is 6.04. The third-order valence-electron chi connectivity index (χ3n) is 2.16. The molecule has 0 aliphatic rings. The van der Waals surface area contributed by atoms with Crippen molar-refractivity contribution in [1.29, 1.82) is 0 Å². The number of hydrogen-bond donors (Lipinski definition) is 1. The van der Waals surface area contributed by atoms with Crippen molar-refractivity contribution in [3.63, 3.8) is 0 Å². The first kappa shape index (κ1) is 17.6. The highest BCUT2D eigenvalue weighted by atomic mass is 79.9. The van der Waals surface area contributed by atoms with Gasteiger partial charge in [0.15, 0.2) is 0 Å². The summed E-state index contributed by atoms with van der Waals surface area (Å²) in [6, 6.07) is 0. The second-order valence-corrected chi connectivity index (χ2v) is 5.45. The van der Waals surface area contributed by atoms with Gasteiger partial charge in [0.2, 0.25) is 0 Å². The van der Waals surface area contributed by atoms with Gasteiger partial charge < -0.3 is 5.32 Å². The van der Waals surface area contributed by atoms with E-state index in [4.69, 9.17) is 0 Å². The van der Waals surface area contributed by atoms with Gasteiger partial charge in [-0.1, -0.05) is 40.2 Å². The van der Waals surface area contributed by atoms with E-state index in [0.29, 0.717) is 16.8 Å². The zero-order valence-corrected chi connectivity index (χ0v) is 13.3. The molecule has 1 unspecified atom stereocenters. The van der Waals surface area contributed by atoms with Crippen molar-refractivity contribution in [2.75, 3.05) is 0 Å². The summed E-state index contributed by atoms with van der Waals surface area (Å²) in [7, 11) is 0. The van der Waals surface area contributed by atoms with Crippen LogP contribution in [-0.4, -0.2) is 17.0 Å². The van der Waals surface area contributed by atoms with E-state index >= 15 is 0 Å². The minimum absolute atomic E-state index is 0.103. The van der Waals surface area contributed by atoms with E-state index in [2.05, 4.69) is 21.2 Å². The molecule has 0 saturated carbocycles. The molecule has 0 aromatic rings. The van der Waals surface area contributed by atoms with Crippen LogP contribution in [0.2, 0.25) is 0 Å². The molecule has 0 aromatic carbocycles. The Kier molecular flexibility index (Phi) is 8.79. The molecule has 104 valence electrons. The summed E-state index contributed by atoms with van der Waals surface area (Å²) in [6.07, 6.45) is 9.50. The van der Waals surface area contributed by atoms with Gasteiger partial charge in [0.1, 0.15) is 6.29 Å². The monoisotopic (exact) mass is 325 g/mol. The number of amides is 1. The summed E-state index contributed by atoms with van der Waals surface area (Å²) in [5.74, 6) is -0.201. The maximum absolute atomic E-state index is 12.1. The van der Waals surface area contributed by atoms with E-state index in [-0.39, 0.29) is 10.7 Å². The normalized spacial score (nSPS) is 15.5. The zero-order chi connectivity index (χ0) is 14.8. The number of nitrogens with one attached hydrogen (secondary N) is 1. The first-order valence-corrected chi connectivity index (χ1v) is 6.95. The molecular weight excluding hydrogens is 306 g/mol. The number of carbonyl (C=O) groups excluding carboxylic acids is 2. The molecule has 1 N–H and O–H groups in total. The SMILES string of the molecule is C/C=C\C(=C/C(C)Br)C(=O)NC(/C=C(\C)C=O)=C/C. The summed E-state index contributed by atoms with van der Waals surface area (Å²) in [6.45, 7) is 7.28. The van der Waals surface area contributed by atoms with Crippen LogP contribution in [0.5, 0.6) is 0 Å². The molecule has 3 nitrogen and oxygen atoms in total. The Hall–Kier alpha value is -1.42. The maximum atomic E-state index is 12.1. The Balaban J connectivity index is 5.05. The lowest BCUT2D eigenvalue weighted by Crippen LogP contribution is -2.23. The van der Waals surface area contributed by atoms with Gasteiger partial charge in [0.05, 0.1) is 0 Å². The Labute approximate surface area is 123 Å². The number of rotatable bonds is 6. The summed E-state index contributed by atoms with van der Waals surface area (Å²) >= 11 is 3.38. The highest BCUT2D eigenvalue weighted by molar-refractivity contribution is 9.09. The van der Waals surface area contributed by atoms with Gasteiger partial charge in [-0.05, 0) is 39.3 Å². The second-order valence-electron chi connectivity index (χ2n) is 4.00.